The molecule has 0 atom stereocenters. The number of anilines is 1. The third kappa shape index (κ3) is 4.28. The van der Waals surface area contributed by atoms with Crippen LogP contribution in [0.4, 0.5) is 10.1 Å². The van der Waals surface area contributed by atoms with E-state index in [1.165, 1.54) is 46.3 Å². The highest BCUT2D eigenvalue weighted by molar-refractivity contribution is 5.98. The summed E-state index contributed by atoms with van der Waals surface area (Å²) in [6.45, 7) is -0.494. The molecule has 1 aliphatic carbocycles. The van der Waals surface area contributed by atoms with Gasteiger partial charge in [-0.3, -0.25) is 19.0 Å². The lowest BCUT2D eigenvalue weighted by Gasteiger charge is -2.22. The quantitative estimate of drug-likeness (QED) is 0.443. The lowest BCUT2D eigenvalue weighted by Crippen LogP contribution is -2.36. The van der Waals surface area contributed by atoms with Crippen LogP contribution in [-0.2, 0) is 18.4 Å². The Balaban J connectivity index is 1.52. The molecule has 0 radical (unpaired) electrons. The summed E-state index contributed by atoms with van der Waals surface area (Å²) in [4.78, 5) is 51.6. The van der Waals surface area contributed by atoms with Crippen molar-refractivity contribution in [2.75, 3.05) is 5.32 Å². The van der Waals surface area contributed by atoms with Crippen molar-refractivity contribution in [1.82, 2.24) is 24.1 Å². The minimum absolute atomic E-state index is 0.0148. The number of aryl methyl sites for hydroxylation is 1. The predicted octanol–water partition coefficient (Wildman–Crippen LogP) is 2.19. The van der Waals surface area contributed by atoms with Crippen molar-refractivity contribution in [2.24, 2.45) is 7.05 Å². The fraction of sp³-hybridized carbons (Fsp3) is 0.320. The summed E-state index contributed by atoms with van der Waals surface area (Å²) in [7, 11) is 1.47. The molecule has 2 heterocycles. The van der Waals surface area contributed by atoms with Crippen molar-refractivity contribution in [2.45, 2.75) is 44.7 Å². The van der Waals surface area contributed by atoms with Crippen molar-refractivity contribution in [3.8, 4) is 0 Å². The number of rotatable bonds is 5. The minimum Gasteiger partial charge on any atom is -0.349 e. The van der Waals surface area contributed by atoms with Crippen molar-refractivity contribution < 1.29 is 14.0 Å². The van der Waals surface area contributed by atoms with Crippen molar-refractivity contribution in [3.63, 3.8) is 0 Å². The van der Waals surface area contributed by atoms with Gasteiger partial charge in [-0.05, 0) is 43.2 Å². The number of amides is 2. The van der Waals surface area contributed by atoms with E-state index in [2.05, 4.69) is 15.7 Å². The lowest BCUT2D eigenvalue weighted by atomic mass is 9.95. The zero-order valence-corrected chi connectivity index (χ0v) is 19.7. The van der Waals surface area contributed by atoms with E-state index in [1.54, 1.807) is 12.1 Å². The first-order valence-electron chi connectivity index (χ1n) is 11.8. The molecule has 10 nitrogen and oxygen atoms in total. The molecule has 5 rings (SSSR count). The van der Waals surface area contributed by atoms with E-state index in [0.717, 1.165) is 36.8 Å². The molecular formula is C25H25FN6O4. The Labute approximate surface area is 204 Å². The van der Waals surface area contributed by atoms with Crippen LogP contribution in [0.3, 0.4) is 0 Å². The summed E-state index contributed by atoms with van der Waals surface area (Å²) >= 11 is 0. The van der Waals surface area contributed by atoms with Gasteiger partial charge < -0.3 is 10.6 Å². The Morgan fingerprint density at radius 1 is 1.08 bits per heavy atom. The summed E-state index contributed by atoms with van der Waals surface area (Å²) < 4.78 is 17.2. The SMILES string of the molecule is Cn1c(=O)c2ccc(C(=O)NC3CCCCC3)cc2n2c(=O)n(CC(=O)Nc3ccccc3F)nc12. The number of aromatic nitrogens is 4. The summed E-state index contributed by atoms with van der Waals surface area (Å²) in [6, 6.07) is 10.3. The third-order valence-corrected chi connectivity index (χ3v) is 6.54. The van der Waals surface area contributed by atoms with E-state index in [-0.39, 0.29) is 34.3 Å². The number of halogens is 1. The molecule has 2 aromatic heterocycles. The maximum Gasteiger partial charge on any atom is 0.352 e. The summed E-state index contributed by atoms with van der Waals surface area (Å²) in [5, 5.41) is 9.85. The van der Waals surface area contributed by atoms with Gasteiger partial charge in [0.25, 0.3) is 11.5 Å². The number of para-hydroxylation sites is 1. The van der Waals surface area contributed by atoms with E-state index >= 15 is 0 Å². The molecule has 2 amide bonds. The molecule has 0 saturated heterocycles. The van der Waals surface area contributed by atoms with Gasteiger partial charge in [-0.15, -0.1) is 5.10 Å². The number of carbonyl (C=O) groups is 2. The maximum atomic E-state index is 13.9. The Bertz CT molecular complexity index is 1610. The molecule has 4 aromatic rings. The monoisotopic (exact) mass is 492 g/mol. The van der Waals surface area contributed by atoms with Crippen LogP contribution in [0.2, 0.25) is 0 Å². The number of hydrogen-bond acceptors (Lipinski definition) is 5. The molecule has 2 aromatic carbocycles. The van der Waals surface area contributed by atoms with Gasteiger partial charge in [-0.25, -0.2) is 18.3 Å². The second-order valence-corrected chi connectivity index (χ2v) is 9.01. The average Bonchev–Trinajstić information content (AvgIpc) is 3.20. The molecular weight excluding hydrogens is 467 g/mol. The van der Waals surface area contributed by atoms with E-state index in [4.69, 9.17) is 0 Å². The first kappa shape index (κ1) is 23.5. The Kier molecular flexibility index (Phi) is 6.13. The molecule has 0 unspecified atom stereocenters. The number of hydrogen-bond donors (Lipinski definition) is 2. The highest BCUT2D eigenvalue weighted by Crippen LogP contribution is 2.19. The average molecular weight is 493 g/mol. The number of fused-ring (bicyclic) bond motifs is 3. The van der Waals surface area contributed by atoms with Crippen LogP contribution in [0.1, 0.15) is 42.5 Å². The predicted molar refractivity (Wildman–Crippen MR) is 132 cm³/mol. The molecule has 186 valence electrons. The van der Waals surface area contributed by atoms with Gasteiger partial charge >= 0.3 is 5.69 Å². The molecule has 11 heteroatoms. The zero-order chi connectivity index (χ0) is 25.4. The van der Waals surface area contributed by atoms with Crippen LogP contribution >= 0.6 is 0 Å². The molecule has 0 aliphatic heterocycles. The van der Waals surface area contributed by atoms with Gasteiger partial charge in [0, 0.05) is 18.7 Å². The van der Waals surface area contributed by atoms with Gasteiger partial charge in [0.15, 0.2) is 0 Å². The highest BCUT2D eigenvalue weighted by atomic mass is 19.1. The fourth-order valence-corrected chi connectivity index (χ4v) is 4.64. The van der Waals surface area contributed by atoms with Crippen molar-refractivity contribution in [1.29, 1.82) is 0 Å². The van der Waals surface area contributed by atoms with Gasteiger partial charge in [-0.2, -0.15) is 0 Å². The second-order valence-electron chi connectivity index (χ2n) is 9.01. The molecule has 36 heavy (non-hydrogen) atoms. The van der Waals surface area contributed by atoms with Crippen LogP contribution in [0.5, 0.6) is 0 Å². The molecule has 0 spiro atoms. The topological polar surface area (TPSA) is 120 Å². The van der Waals surface area contributed by atoms with Crippen LogP contribution < -0.4 is 21.9 Å². The lowest BCUT2D eigenvalue weighted by molar-refractivity contribution is -0.117. The third-order valence-electron chi connectivity index (χ3n) is 6.54. The number of benzene rings is 2. The second kappa shape index (κ2) is 9.40. The molecule has 1 aliphatic rings. The molecule has 0 bridgehead atoms. The first-order valence-corrected chi connectivity index (χ1v) is 11.8. The van der Waals surface area contributed by atoms with Gasteiger partial charge in [0.05, 0.1) is 16.6 Å². The Morgan fingerprint density at radius 2 is 1.83 bits per heavy atom. The van der Waals surface area contributed by atoms with Crippen LogP contribution in [0.25, 0.3) is 16.7 Å². The standard InChI is InChI=1S/C25H25FN6O4/c1-30-23(35)17-12-11-15(22(34)27-16-7-3-2-4-8-16)13-20(17)32-24(30)29-31(25(32)36)14-21(33)28-19-10-6-5-9-18(19)26/h5-6,9-13,16H,2-4,7-8,14H2,1H3,(H,27,34)(H,28,33). The van der Waals surface area contributed by atoms with Gasteiger partial charge in [0.1, 0.15) is 12.4 Å². The normalized spacial score (nSPS) is 14.3. The zero-order valence-electron chi connectivity index (χ0n) is 19.7. The minimum atomic E-state index is -0.667. The summed E-state index contributed by atoms with van der Waals surface area (Å²) in [5.74, 6) is -1.53. The number of carbonyl (C=O) groups excluding carboxylic acids is 2. The smallest absolute Gasteiger partial charge is 0.349 e. The van der Waals surface area contributed by atoms with Crippen molar-refractivity contribution in [3.05, 3.63) is 74.7 Å². The van der Waals surface area contributed by atoms with Crippen LogP contribution in [0.15, 0.2) is 52.1 Å². The highest BCUT2D eigenvalue weighted by Gasteiger charge is 2.21. The number of nitrogens with zero attached hydrogens (tertiary/aromatic N) is 4. The molecule has 1 fully saturated rings. The van der Waals surface area contributed by atoms with E-state index in [9.17, 15) is 23.6 Å². The molecule has 1 saturated carbocycles. The van der Waals surface area contributed by atoms with Crippen LogP contribution in [-0.4, -0.2) is 36.6 Å². The number of nitrogens with one attached hydrogen (secondary N) is 2. The van der Waals surface area contributed by atoms with Gasteiger partial charge in [-0.1, -0.05) is 31.4 Å². The Hall–Kier alpha value is -4.28. The van der Waals surface area contributed by atoms with E-state index < -0.39 is 29.5 Å². The van der Waals surface area contributed by atoms with Crippen LogP contribution in [0, 0.1) is 5.82 Å². The summed E-state index contributed by atoms with van der Waals surface area (Å²) in [6.07, 6.45) is 5.14. The fourth-order valence-electron chi connectivity index (χ4n) is 4.64. The van der Waals surface area contributed by atoms with E-state index in [1.807, 2.05) is 0 Å². The maximum absolute atomic E-state index is 13.9. The largest absolute Gasteiger partial charge is 0.352 e. The first-order chi connectivity index (χ1) is 17.3. The summed E-state index contributed by atoms with van der Waals surface area (Å²) in [5.41, 5.74) is -0.552. The Morgan fingerprint density at radius 3 is 2.58 bits per heavy atom. The van der Waals surface area contributed by atoms with Crippen molar-refractivity contribution >= 4 is 34.2 Å². The molecule has 2 N–H and O–H groups in total. The van der Waals surface area contributed by atoms with E-state index in [0.29, 0.717) is 5.56 Å². The van der Waals surface area contributed by atoms with Gasteiger partial charge in [0.2, 0.25) is 11.7 Å².